The Hall–Kier alpha value is -0.910. The van der Waals surface area contributed by atoms with Gasteiger partial charge in [0.2, 0.25) is 0 Å². The molecule has 1 atom stereocenters. The summed E-state index contributed by atoms with van der Waals surface area (Å²) in [6.07, 6.45) is 3.19. The first-order valence-corrected chi connectivity index (χ1v) is 8.83. The zero-order chi connectivity index (χ0) is 14.0. The minimum absolute atomic E-state index is 0.335. The van der Waals surface area contributed by atoms with E-state index < -0.39 is 9.84 Å². The van der Waals surface area contributed by atoms with Gasteiger partial charge in [-0.2, -0.15) is 0 Å². The quantitative estimate of drug-likeness (QED) is 0.912. The van der Waals surface area contributed by atoms with Crippen molar-refractivity contribution >= 4 is 9.84 Å². The van der Waals surface area contributed by atoms with E-state index in [9.17, 15) is 8.42 Å². The van der Waals surface area contributed by atoms with Crippen LogP contribution >= 0.6 is 0 Å². The number of hydrogen-bond acceptors (Lipinski definition) is 4. The van der Waals surface area contributed by atoms with Crippen LogP contribution in [0.2, 0.25) is 0 Å². The number of nitrogens with one attached hydrogen (secondary N) is 1. The largest absolute Gasteiger partial charge is 0.379 e. The highest BCUT2D eigenvalue weighted by atomic mass is 32.2. The summed E-state index contributed by atoms with van der Waals surface area (Å²) in [6.45, 7) is 2.74. The Morgan fingerprint density at radius 2 is 2.05 bits per heavy atom. The van der Waals surface area contributed by atoms with E-state index in [1.807, 2.05) is 18.2 Å². The molecule has 4 nitrogen and oxygen atoms in total. The van der Waals surface area contributed by atoms with Crippen LogP contribution in [0.1, 0.15) is 18.4 Å². The summed E-state index contributed by atoms with van der Waals surface area (Å²) >= 11 is 0. The van der Waals surface area contributed by atoms with E-state index in [2.05, 4.69) is 5.32 Å². The third-order valence-electron chi connectivity index (χ3n) is 4.23. The van der Waals surface area contributed by atoms with E-state index in [1.54, 1.807) is 6.07 Å². The molecule has 1 unspecified atom stereocenters. The zero-order valence-corrected chi connectivity index (χ0v) is 12.4. The molecular formula is C15H21NO3S. The van der Waals surface area contributed by atoms with Crippen LogP contribution in [0.5, 0.6) is 0 Å². The van der Waals surface area contributed by atoms with Crippen molar-refractivity contribution in [2.45, 2.75) is 29.4 Å². The topological polar surface area (TPSA) is 55.4 Å². The minimum Gasteiger partial charge on any atom is -0.379 e. The number of rotatable bonds is 4. The molecule has 0 radical (unpaired) electrons. The summed E-state index contributed by atoms with van der Waals surface area (Å²) in [5.41, 5.74) is 0.966. The highest BCUT2D eigenvalue weighted by Crippen LogP contribution is 2.27. The van der Waals surface area contributed by atoms with Gasteiger partial charge >= 0.3 is 0 Å². The van der Waals surface area contributed by atoms with Crippen molar-refractivity contribution in [2.75, 3.05) is 26.3 Å². The maximum atomic E-state index is 12.6. The lowest BCUT2D eigenvalue weighted by molar-refractivity contribution is 0.0415. The number of sulfone groups is 1. The van der Waals surface area contributed by atoms with E-state index in [1.165, 1.54) is 12.8 Å². The Kier molecular flexibility index (Phi) is 4.10. The Balaban J connectivity index is 1.84. The molecule has 0 aromatic heterocycles. The molecule has 110 valence electrons. The van der Waals surface area contributed by atoms with Gasteiger partial charge < -0.3 is 10.1 Å². The zero-order valence-electron chi connectivity index (χ0n) is 11.5. The lowest BCUT2D eigenvalue weighted by atomic mass is 9.92. The molecule has 0 spiro atoms. The van der Waals surface area contributed by atoms with Crippen LogP contribution in [0.25, 0.3) is 0 Å². The molecule has 0 bridgehead atoms. The molecule has 2 heterocycles. The molecule has 5 heteroatoms. The molecule has 20 heavy (non-hydrogen) atoms. The second-order valence-electron chi connectivity index (χ2n) is 5.73. The summed E-state index contributed by atoms with van der Waals surface area (Å²) in [6, 6.07) is 7.46. The highest BCUT2D eigenvalue weighted by molar-refractivity contribution is 7.92. The molecule has 0 aliphatic carbocycles. The van der Waals surface area contributed by atoms with Crippen LogP contribution in [0.15, 0.2) is 29.2 Å². The van der Waals surface area contributed by atoms with Crippen LogP contribution in [0.3, 0.4) is 0 Å². The molecule has 1 aromatic carbocycles. The van der Waals surface area contributed by atoms with Crippen molar-refractivity contribution < 1.29 is 13.2 Å². The fraction of sp³-hybridized carbons (Fsp3) is 0.600. The van der Waals surface area contributed by atoms with Gasteiger partial charge in [-0.05, 0) is 49.9 Å². The molecule has 0 amide bonds. The van der Waals surface area contributed by atoms with Crippen LogP contribution in [0.4, 0.5) is 0 Å². The Morgan fingerprint density at radius 1 is 1.25 bits per heavy atom. The number of benzene rings is 1. The highest BCUT2D eigenvalue weighted by Gasteiger charge is 2.35. The fourth-order valence-corrected chi connectivity index (χ4v) is 4.63. The predicted molar refractivity (Wildman–Crippen MR) is 77.5 cm³/mol. The third kappa shape index (κ3) is 2.75. The SMILES string of the molecule is O=S(=O)(c1ccccc1CC1CCCNC1)C1COC1. The van der Waals surface area contributed by atoms with Gasteiger partial charge in [-0.25, -0.2) is 8.42 Å². The van der Waals surface area contributed by atoms with Gasteiger partial charge in [-0.1, -0.05) is 18.2 Å². The average Bonchev–Trinajstić information content (AvgIpc) is 2.38. The molecular weight excluding hydrogens is 274 g/mol. The van der Waals surface area contributed by atoms with Crippen LogP contribution in [-0.2, 0) is 21.0 Å². The summed E-state index contributed by atoms with van der Waals surface area (Å²) in [7, 11) is -3.23. The Morgan fingerprint density at radius 3 is 2.70 bits per heavy atom. The van der Waals surface area contributed by atoms with Gasteiger partial charge in [0, 0.05) is 0 Å². The van der Waals surface area contributed by atoms with E-state index >= 15 is 0 Å². The summed E-state index contributed by atoms with van der Waals surface area (Å²) in [5, 5.41) is 3.04. The fourth-order valence-electron chi connectivity index (χ4n) is 2.93. The van der Waals surface area contributed by atoms with E-state index in [0.717, 1.165) is 25.1 Å². The monoisotopic (exact) mass is 295 g/mol. The summed E-state index contributed by atoms with van der Waals surface area (Å²) < 4.78 is 30.2. The van der Waals surface area contributed by atoms with Crippen molar-refractivity contribution in [3.8, 4) is 0 Å². The molecule has 1 aromatic rings. The predicted octanol–water partition coefficient (Wildman–Crippen LogP) is 1.40. The molecule has 2 aliphatic heterocycles. The van der Waals surface area contributed by atoms with Crippen LogP contribution in [-0.4, -0.2) is 40.0 Å². The van der Waals surface area contributed by atoms with E-state index in [-0.39, 0.29) is 5.25 Å². The lowest BCUT2D eigenvalue weighted by Crippen LogP contribution is -2.41. The van der Waals surface area contributed by atoms with Gasteiger partial charge in [0.05, 0.1) is 18.1 Å². The maximum absolute atomic E-state index is 12.6. The molecule has 0 saturated carbocycles. The lowest BCUT2D eigenvalue weighted by Gasteiger charge is -2.28. The van der Waals surface area contributed by atoms with Crippen molar-refractivity contribution in [1.82, 2.24) is 5.32 Å². The second-order valence-corrected chi connectivity index (χ2v) is 7.93. The average molecular weight is 295 g/mol. The van der Waals surface area contributed by atoms with Crippen molar-refractivity contribution in [1.29, 1.82) is 0 Å². The first-order valence-electron chi connectivity index (χ1n) is 7.28. The maximum Gasteiger partial charge on any atom is 0.186 e. The van der Waals surface area contributed by atoms with Crippen molar-refractivity contribution in [3.63, 3.8) is 0 Å². The number of hydrogen-bond donors (Lipinski definition) is 1. The molecule has 3 rings (SSSR count). The van der Waals surface area contributed by atoms with E-state index in [4.69, 9.17) is 4.74 Å². The van der Waals surface area contributed by atoms with Gasteiger partial charge in [-0.3, -0.25) is 0 Å². The second kappa shape index (κ2) is 5.84. The number of piperidine rings is 1. The van der Waals surface area contributed by atoms with Crippen molar-refractivity contribution in [2.24, 2.45) is 5.92 Å². The molecule has 1 N–H and O–H groups in total. The summed E-state index contributed by atoms with van der Waals surface area (Å²) in [4.78, 5) is 0.513. The molecule has 2 saturated heterocycles. The van der Waals surface area contributed by atoms with Gasteiger partial charge in [-0.15, -0.1) is 0 Å². The van der Waals surface area contributed by atoms with Crippen molar-refractivity contribution in [3.05, 3.63) is 29.8 Å². The van der Waals surface area contributed by atoms with Gasteiger partial charge in [0.15, 0.2) is 9.84 Å². The first-order chi connectivity index (χ1) is 9.68. The van der Waals surface area contributed by atoms with Gasteiger partial charge in [0.1, 0.15) is 5.25 Å². The van der Waals surface area contributed by atoms with Crippen LogP contribution < -0.4 is 5.32 Å². The Bertz CT molecular complexity index is 560. The smallest absolute Gasteiger partial charge is 0.186 e. The Labute approximate surface area is 120 Å². The standard InChI is InChI=1S/C15H21NO3S/c17-20(18,14-10-19-11-14)15-6-2-1-5-13(15)8-12-4-3-7-16-9-12/h1-2,5-6,12,14,16H,3-4,7-11H2. The number of ether oxygens (including phenoxy) is 1. The van der Waals surface area contributed by atoms with E-state index in [0.29, 0.717) is 24.0 Å². The van der Waals surface area contributed by atoms with Gasteiger partial charge in [0.25, 0.3) is 0 Å². The third-order valence-corrected chi connectivity index (χ3v) is 6.39. The molecule has 2 fully saturated rings. The minimum atomic E-state index is -3.23. The summed E-state index contributed by atoms with van der Waals surface area (Å²) in [5.74, 6) is 0.540. The first kappa shape index (κ1) is 14.0. The normalized spacial score (nSPS) is 24.3. The molecule has 2 aliphatic rings. The van der Waals surface area contributed by atoms with Crippen LogP contribution in [0, 0.1) is 5.92 Å².